The number of carbonyl (C=O) groups is 2. The van der Waals surface area contributed by atoms with Crippen LogP contribution in [0.5, 0.6) is 5.75 Å². The van der Waals surface area contributed by atoms with Crippen molar-refractivity contribution in [3.8, 4) is 5.75 Å². The Kier molecular flexibility index (Phi) is 5.79. The van der Waals surface area contributed by atoms with Gasteiger partial charge in [-0.1, -0.05) is 48.4 Å². The van der Waals surface area contributed by atoms with Crippen molar-refractivity contribution < 1.29 is 19.1 Å². The number of esters is 1. The predicted octanol–water partition coefficient (Wildman–Crippen LogP) is 3.40. The van der Waals surface area contributed by atoms with E-state index in [1.807, 2.05) is 31.2 Å². The molecule has 1 amide bonds. The zero-order valence-electron chi connectivity index (χ0n) is 15.8. The third-order valence-electron chi connectivity index (χ3n) is 5.23. The highest BCUT2D eigenvalue weighted by Crippen LogP contribution is 2.43. The Morgan fingerprint density at radius 2 is 1.85 bits per heavy atom. The van der Waals surface area contributed by atoms with Gasteiger partial charge in [0, 0.05) is 12.0 Å². The van der Waals surface area contributed by atoms with Crippen molar-refractivity contribution in [3.63, 3.8) is 0 Å². The van der Waals surface area contributed by atoms with Crippen molar-refractivity contribution in [1.82, 2.24) is 5.32 Å². The maximum Gasteiger partial charge on any atom is 0.342 e. The largest absolute Gasteiger partial charge is 0.496 e. The number of amides is 1. The Morgan fingerprint density at radius 3 is 2.48 bits per heavy atom. The lowest BCUT2D eigenvalue weighted by atomic mass is 9.64. The number of benzene rings is 2. The summed E-state index contributed by atoms with van der Waals surface area (Å²) in [5.74, 6) is -0.423. The second kappa shape index (κ2) is 8.25. The van der Waals surface area contributed by atoms with Crippen molar-refractivity contribution in [2.45, 2.75) is 31.6 Å². The summed E-state index contributed by atoms with van der Waals surface area (Å²) in [6.45, 7) is 2.13. The summed E-state index contributed by atoms with van der Waals surface area (Å²) in [5, 5.41) is 2.92. The Balaban J connectivity index is 1.54. The van der Waals surface area contributed by atoms with Gasteiger partial charge in [-0.25, -0.2) is 4.79 Å². The molecule has 1 aliphatic carbocycles. The fourth-order valence-electron chi connectivity index (χ4n) is 3.47. The van der Waals surface area contributed by atoms with Gasteiger partial charge in [0.05, 0.1) is 7.11 Å². The smallest absolute Gasteiger partial charge is 0.342 e. The highest BCUT2D eigenvalue weighted by atomic mass is 16.5. The van der Waals surface area contributed by atoms with Gasteiger partial charge in [-0.15, -0.1) is 0 Å². The van der Waals surface area contributed by atoms with Gasteiger partial charge in [0.2, 0.25) is 0 Å². The summed E-state index contributed by atoms with van der Waals surface area (Å²) in [6, 6.07) is 15.5. The van der Waals surface area contributed by atoms with E-state index in [2.05, 4.69) is 17.4 Å². The van der Waals surface area contributed by atoms with Gasteiger partial charge in [-0.2, -0.15) is 0 Å². The van der Waals surface area contributed by atoms with E-state index in [-0.39, 0.29) is 17.9 Å². The van der Waals surface area contributed by atoms with Crippen LogP contribution in [0.15, 0.2) is 48.5 Å². The molecule has 1 saturated carbocycles. The molecule has 1 fully saturated rings. The van der Waals surface area contributed by atoms with Gasteiger partial charge in [-0.3, -0.25) is 4.79 Å². The van der Waals surface area contributed by atoms with E-state index in [0.29, 0.717) is 17.9 Å². The van der Waals surface area contributed by atoms with E-state index in [4.69, 9.17) is 9.47 Å². The number of hydrogen-bond donors (Lipinski definition) is 1. The zero-order chi connectivity index (χ0) is 19.3. The predicted molar refractivity (Wildman–Crippen MR) is 103 cm³/mol. The lowest BCUT2D eigenvalue weighted by Gasteiger charge is -2.42. The summed E-state index contributed by atoms with van der Waals surface area (Å²) in [6.07, 6.45) is 3.27. The molecule has 0 heterocycles. The topological polar surface area (TPSA) is 64.6 Å². The van der Waals surface area contributed by atoms with Crippen molar-refractivity contribution in [3.05, 3.63) is 65.2 Å². The number of hydrogen-bond acceptors (Lipinski definition) is 4. The van der Waals surface area contributed by atoms with Crippen LogP contribution in [0.1, 0.15) is 40.7 Å². The molecule has 1 aliphatic rings. The third-order valence-corrected chi connectivity index (χ3v) is 5.23. The van der Waals surface area contributed by atoms with Crippen LogP contribution in [0.3, 0.4) is 0 Å². The van der Waals surface area contributed by atoms with Crippen LogP contribution in [-0.4, -0.2) is 32.1 Å². The van der Waals surface area contributed by atoms with Crippen molar-refractivity contribution in [2.75, 3.05) is 20.3 Å². The summed E-state index contributed by atoms with van der Waals surface area (Å²) in [7, 11) is 1.50. The molecule has 0 aromatic heterocycles. The standard InChI is InChI=1S/C22H25NO4/c1-16-9-10-19(26-2)18(13-16)21(25)27-14-20(24)23-15-22(11-6-12-22)17-7-4-3-5-8-17/h3-5,7-10,13H,6,11-12,14-15H2,1-2H3,(H,23,24). The normalized spacial score (nSPS) is 14.7. The monoisotopic (exact) mass is 367 g/mol. The highest BCUT2D eigenvalue weighted by molar-refractivity contribution is 5.94. The molecular formula is C22H25NO4. The van der Waals surface area contributed by atoms with E-state index >= 15 is 0 Å². The van der Waals surface area contributed by atoms with Gasteiger partial charge >= 0.3 is 5.97 Å². The van der Waals surface area contributed by atoms with Gasteiger partial charge in [0.25, 0.3) is 5.91 Å². The minimum Gasteiger partial charge on any atom is -0.496 e. The molecule has 2 aromatic rings. The number of rotatable bonds is 7. The lowest BCUT2D eigenvalue weighted by Crippen LogP contribution is -2.46. The van der Waals surface area contributed by atoms with Gasteiger partial charge < -0.3 is 14.8 Å². The van der Waals surface area contributed by atoms with Crippen molar-refractivity contribution in [1.29, 1.82) is 0 Å². The summed E-state index contributed by atoms with van der Waals surface area (Å²) >= 11 is 0. The third kappa shape index (κ3) is 4.30. The minimum absolute atomic E-state index is 0.000686. The maximum absolute atomic E-state index is 12.3. The molecular weight excluding hydrogens is 342 g/mol. The first-order valence-corrected chi connectivity index (χ1v) is 9.18. The molecule has 5 nitrogen and oxygen atoms in total. The van der Waals surface area contributed by atoms with Crippen LogP contribution < -0.4 is 10.1 Å². The molecule has 3 rings (SSSR count). The summed E-state index contributed by atoms with van der Waals surface area (Å²) in [4.78, 5) is 24.5. The van der Waals surface area contributed by atoms with Crippen LogP contribution in [0, 0.1) is 6.92 Å². The molecule has 0 spiro atoms. The average Bonchev–Trinajstić information content (AvgIpc) is 2.66. The molecule has 0 unspecified atom stereocenters. The fourth-order valence-corrected chi connectivity index (χ4v) is 3.47. The van der Waals surface area contributed by atoms with Crippen LogP contribution in [-0.2, 0) is 14.9 Å². The zero-order valence-corrected chi connectivity index (χ0v) is 15.8. The van der Waals surface area contributed by atoms with E-state index in [0.717, 1.165) is 24.8 Å². The minimum atomic E-state index is -0.563. The lowest BCUT2D eigenvalue weighted by molar-refractivity contribution is -0.124. The molecule has 27 heavy (non-hydrogen) atoms. The van der Waals surface area contributed by atoms with Crippen LogP contribution in [0.2, 0.25) is 0 Å². The van der Waals surface area contributed by atoms with Gasteiger partial charge in [-0.05, 0) is 37.5 Å². The second-order valence-corrected chi connectivity index (χ2v) is 7.06. The van der Waals surface area contributed by atoms with Crippen molar-refractivity contribution in [2.24, 2.45) is 0 Å². The number of ether oxygens (including phenoxy) is 2. The van der Waals surface area contributed by atoms with E-state index in [9.17, 15) is 9.59 Å². The molecule has 0 bridgehead atoms. The average molecular weight is 367 g/mol. The number of nitrogens with one attached hydrogen (secondary N) is 1. The van der Waals surface area contributed by atoms with Crippen LogP contribution in [0.4, 0.5) is 0 Å². The Labute approximate surface area is 159 Å². The first kappa shape index (κ1) is 19.0. The number of carbonyl (C=O) groups excluding carboxylic acids is 2. The summed E-state index contributed by atoms with van der Waals surface area (Å²) < 4.78 is 10.4. The van der Waals surface area contributed by atoms with Gasteiger partial charge in [0.15, 0.2) is 6.61 Å². The Morgan fingerprint density at radius 1 is 1.11 bits per heavy atom. The maximum atomic E-state index is 12.3. The van der Waals surface area contributed by atoms with Crippen LogP contribution in [0.25, 0.3) is 0 Å². The molecule has 0 saturated heterocycles. The highest BCUT2D eigenvalue weighted by Gasteiger charge is 2.38. The number of methoxy groups -OCH3 is 1. The molecule has 0 radical (unpaired) electrons. The van der Waals surface area contributed by atoms with E-state index in [1.165, 1.54) is 12.7 Å². The molecule has 0 atom stereocenters. The first-order valence-electron chi connectivity index (χ1n) is 9.18. The fraction of sp³-hybridized carbons (Fsp3) is 0.364. The van der Waals surface area contributed by atoms with Crippen molar-refractivity contribution >= 4 is 11.9 Å². The van der Waals surface area contributed by atoms with E-state index < -0.39 is 5.97 Å². The molecule has 2 aromatic carbocycles. The molecule has 5 heteroatoms. The first-order chi connectivity index (χ1) is 13.0. The second-order valence-electron chi connectivity index (χ2n) is 7.06. The quantitative estimate of drug-likeness (QED) is 0.762. The number of aryl methyl sites for hydroxylation is 1. The Hall–Kier alpha value is -2.82. The molecule has 1 N–H and O–H groups in total. The van der Waals surface area contributed by atoms with Gasteiger partial charge in [0.1, 0.15) is 11.3 Å². The van der Waals surface area contributed by atoms with E-state index in [1.54, 1.807) is 12.1 Å². The van der Waals surface area contributed by atoms with Crippen LogP contribution >= 0.6 is 0 Å². The molecule has 142 valence electrons. The summed E-state index contributed by atoms with van der Waals surface area (Å²) in [5.41, 5.74) is 2.49. The SMILES string of the molecule is COc1ccc(C)cc1C(=O)OCC(=O)NCC1(c2ccccc2)CCC1. The molecule has 0 aliphatic heterocycles. The Bertz CT molecular complexity index is 812.